The smallest absolute Gasteiger partial charge is 0.297 e. The summed E-state index contributed by atoms with van der Waals surface area (Å²) in [7, 11) is -4.71. The SMILES string of the molecule is CC(C)c1ccccc1[C@@H]1COCCN1C1CC2(CCN(c3ccc(C(=O)NS(=O)(=O)c4cc5c(c([N+](=O)[O-])c4)N[C@@H](CC4CCC(O)CC4)CO5)c(N4c5cc6cc[nH]c6nc5O[C@H]5COCC[C@@H]54)c3)CC2)C1. The van der Waals surface area contributed by atoms with Gasteiger partial charge in [-0.1, -0.05) is 38.1 Å². The molecule has 5 aromatic rings. The highest BCUT2D eigenvalue weighted by Crippen LogP contribution is 2.54. The maximum Gasteiger partial charge on any atom is 0.297 e. The lowest BCUT2D eigenvalue weighted by molar-refractivity contribution is -0.384. The Morgan fingerprint density at radius 2 is 1.74 bits per heavy atom. The fourth-order valence-electron chi connectivity index (χ4n) is 13.3. The van der Waals surface area contributed by atoms with E-state index in [0.717, 1.165) is 81.9 Å². The van der Waals surface area contributed by atoms with Crippen LogP contribution in [0.3, 0.4) is 0 Å². The molecule has 7 heterocycles. The highest BCUT2D eigenvalue weighted by Gasteiger charge is 2.50. The number of H-pyrrole nitrogens is 1. The normalized spacial score (nSPS) is 26.0. The van der Waals surface area contributed by atoms with E-state index in [1.807, 2.05) is 24.3 Å². The predicted octanol–water partition coefficient (Wildman–Crippen LogP) is 8.34. The third-order valence-corrected chi connectivity index (χ3v) is 18.6. The van der Waals surface area contributed by atoms with Gasteiger partial charge < -0.3 is 44.2 Å². The Bertz CT molecular complexity index is 3050. The van der Waals surface area contributed by atoms with Crippen molar-refractivity contribution in [1.82, 2.24) is 19.6 Å². The van der Waals surface area contributed by atoms with Gasteiger partial charge in [0.15, 0.2) is 11.4 Å². The zero-order valence-electron chi connectivity index (χ0n) is 42.0. The Labute approximate surface area is 431 Å². The highest BCUT2D eigenvalue weighted by atomic mass is 32.2. The molecule has 3 aromatic carbocycles. The van der Waals surface area contributed by atoms with Gasteiger partial charge in [0.25, 0.3) is 21.6 Å². The van der Waals surface area contributed by atoms with Crippen LogP contribution in [0.15, 0.2) is 77.8 Å². The number of sulfonamides is 1. The topological polar surface area (TPSA) is 214 Å². The predicted molar refractivity (Wildman–Crippen MR) is 279 cm³/mol. The minimum atomic E-state index is -4.71. The van der Waals surface area contributed by atoms with E-state index in [9.17, 15) is 28.4 Å². The van der Waals surface area contributed by atoms with Crippen LogP contribution in [0, 0.1) is 21.4 Å². The molecule has 2 aliphatic carbocycles. The molecule has 2 aromatic heterocycles. The first kappa shape index (κ1) is 48.9. The number of benzene rings is 3. The molecule has 1 spiro atoms. The van der Waals surface area contributed by atoms with E-state index in [2.05, 4.69) is 67.8 Å². The van der Waals surface area contributed by atoms with Crippen molar-refractivity contribution in [1.29, 1.82) is 0 Å². The largest absolute Gasteiger partial charge is 0.489 e. The molecule has 4 atom stereocenters. The Morgan fingerprint density at radius 3 is 2.54 bits per heavy atom. The van der Waals surface area contributed by atoms with Gasteiger partial charge in [0.1, 0.15) is 24.0 Å². The molecule has 7 aliphatic rings. The van der Waals surface area contributed by atoms with Gasteiger partial charge in [-0.3, -0.25) is 19.8 Å². The summed E-state index contributed by atoms with van der Waals surface area (Å²) in [5.74, 6) is 0.232. The fourth-order valence-corrected chi connectivity index (χ4v) is 14.3. The van der Waals surface area contributed by atoms with Gasteiger partial charge in [-0.25, -0.2) is 13.1 Å². The summed E-state index contributed by atoms with van der Waals surface area (Å²) >= 11 is 0. The molecule has 0 bridgehead atoms. The van der Waals surface area contributed by atoms with Gasteiger partial charge in [0, 0.05) is 61.7 Å². The minimum absolute atomic E-state index is 0.0184. The van der Waals surface area contributed by atoms with Crippen molar-refractivity contribution >= 4 is 55.4 Å². The summed E-state index contributed by atoms with van der Waals surface area (Å²) < 4.78 is 55.7. The highest BCUT2D eigenvalue weighted by molar-refractivity contribution is 7.90. The number of nitrogens with zero attached hydrogens (tertiary/aromatic N) is 5. The molecular formula is C55H66N8O10S. The van der Waals surface area contributed by atoms with Crippen LogP contribution in [0.2, 0.25) is 0 Å². The maximum atomic E-state index is 14.8. The molecule has 0 radical (unpaired) electrons. The van der Waals surface area contributed by atoms with Crippen molar-refractivity contribution in [3.05, 3.63) is 99.7 Å². The molecule has 5 fully saturated rings. The molecule has 18 nitrogen and oxygen atoms in total. The summed E-state index contributed by atoms with van der Waals surface area (Å²) in [4.78, 5) is 41.5. The van der Waals surface area contributed by atoms with Crippen LogP contribution in [-0.4, -0.2) is 122 Å². The van der Waals surface area contributed by atoms with Crippen molar-refractivity contribution in [3.63, 3.8) is 0 Å². The lowest BCUT2D eigenvalue weighted by Crippen LogP contribution is -2.58. The molecular weight excluding hydrogens is 965 g/mol. The van der Waals surface area contributed by atoms with Gasteiger partial charge >= 0.3 is 0 Å². The number of pyridine rings is 1. The molecule has 5 aliphatic heterocycles. The van der Waals surface area contributed by atoms with Crippen LogP contribution < -0.4 is 29.3 Å². The van der Waals surface area contributed by atoms with E-state index in [1.165, 1.54) is 17.2 Å². The molecule has 19 heteroatoms. The lowest BCUT2D eigenvalue weighted by Gasteiger charge is -2.57. The van der Waals surface area contributed by atoms with E-state index < -0.39 is 37.5 Å². The first-order chi connectivity index (χ1) is 35.8. The third kappa shape index (κ3) is 9.21. The number of rotatable bonds is 11. The number of aliphatic hydroxyl groups excluding tert-OH is 1. The summed E-state index contributed by atoms with van der Waals surface area (Å²) in [6.45, 7) is 9.46. The number of aromatic nitrogens is 2. The fraction of sp³-hybridized carbons (Fsp3) is 0.527. The Balaban J connectivity index is 0.825. The maximum absolute atomic E-state index is 14.8. The monoisotopic (exact) mass is 1030 g/mol. The minimum Gasteiger partial charge on any atom is -0.489 e. The number of nitro groups is 1. The first-order valence-corrected chi connectivity index (χ1v) is 28.1. The second-order valence-electron chi connectivity index (χ2n) is 22.1. The Kier molecular flexibility index (Phi) is 13.0. The third-order valence-electron chi connectivity index (χ3n) is 17.2. The average Bonchev–Trinajstić information content (AvgIpc) is 3.87. The Morgan fingerprint density at radius 1 is 0.946 bits per heavy atom. The zero-order valence-corrected chi connectivity index (χ0v) is 42.9. The molecule has 74 heavy (non-hydrogen) atoms. The van der Waals surface area contributed by atoms with Crippen molar-refractivity contribution in [2.24, 2.45) is 11.3 Å². The van der Waals surface area contributed by atoms with E-state index in [-0.39, 0.29) is 53.3 Å². The van der Waals surface area contributed by atoms with Crippen LogP contribution in [0.5, 0.6) is 11.6 Å². The van der Waals surface area contributed by atoms with Crippen molar-refractivity contribution in [2.75, 3.05) is 67.8 Å². The first-order valence-electron chi connectivity index (χ1n) is 26.6. The molecule has 0 unspecified atom stereocenters. The van der Waals surface area contributed by atoms with E-state index in [0.29, 0.717) is 86.3 Å². The number of carbonyl (C=O) groups excluding carboxylic acids is 1. The molecule has 1 amide bonds. The van der Waals surface area contributed by atoms with Gasteiger partial charge in [0.2, 0.25) is 5.88 Å². The van der Waals surface area contributed by atoms with Crippen LogP contribution in [0.25, 0.3) is 11.0 Å². The van der Waals surface area contributed by atoms with Gasteiger partial charge in [-0.05, 0) is 123 Å². The second-order valence-corrected chi connectivity index (χ2v) is 23.8. The molecule has 4 N–H and O–H groups in total. The van der Waals surface area contributed by atoms with Gasteiger partial charge in [0.05, 0.1) is 65.1 Å². The number of hydrogen-bond donors (Lipinski definition) is 4. The number of aromatic amines is 1. The van der Waals surface area contributed by atoms with E-state index in [4.69, 9.17) is 23.9 Å². The van der Waals surface area contributed by atoms with Crippen LogP contribution in [0.1, 0.15) is 112 Å². The number of hydrogen-bond acceptors (Lipinski definition) is 15. The summed E-state index contributed by atoms with van der Waals surface area (Å²) in [6.07, 6.45) is 9.77. The van der Waals surface area contributed by atoms with Crippen LogP contribution in [-0.2, 0) is 19.5 Å². The molecule has 12 rings (SSSR count). The number of aliphatic hydroxyl groups is 1. The van der Waals surface area contributed by atoms with E-state index in [1.54, 1.807) is 12.3 Å². The number of ether oxygens (including phenoxy) is 4. The van der Waals surface area contributed by atoms with Crippen LogP contribution in [0.4, 0.5) is 28.4 Å². The zero-order chi connectivity index (χ0) is 50.9. The summed E-state index contributed by atoms with van der Waals surface area (Å²) in [5.41, 5.74) is 5.40. The van der Waals surface area contributed by atoms with Gasteiger partial charge in [-0.15, -0.1) is 0 Å². The van der Waals surface area contributed by atoms with Crippen molar-refractivity contribution in [2.45, 2.75) is 125 Å². The summed E-state index contributed by atoms with van der Waals surface area (Å²) in [6, 6.07) is 20.7. The quantitative estimate of drug-likeness (QED) is 0.0723. The molecule has 3 saturated heterocycles. The number of anilines is 4. The number of piperidine rings is 1. The number of fused-ring (bicyclic) bond motifs is 4. The molecule has 2 saturated carbocycles. The number of amides is 1. The number of morpholine rings is 1. The van der Waals surface area contributed by atoms with E-state index >= 15 is 0 Å². The average molecular weight is 1030 g/mol. The van der Waals surface area contributed by atoms with Crippen molar-refractivity contribution < 1.29 is 42.2 Å². The van der Waals surface area contributed by atoms with Crippen LogP contribution >= 0.6 is 0 Å². The Hall–Kier alpha value is -5.99. The van der Waals surface area contributed by atoms with Crippen molar-refractivity contribution in [3.8, 4) is 11.6 Å². The standard InChI is InChI=1S/C55H66N8O10S/c1-33(2)41-5-3-4-6-42(41)48-31-71-22-20-61(48)38-28-55(29-38)15-18-60(19-16-55)37-9-12-43(45(25-37)62-44-14-21-70-32-50(44)73-54-47(62)24-35-13-17-56-52(35)58-54)53(65)59-74(68,69)40-26-46(63(66)67)51-49(27-40)72-30-36(57-51)23-34-7-10-39(64)11-8-34/h3-6,9,12-13,17,24-27,33-34,36,38-39,44,48,50,57,64H,7-8,10-11,14-16,18-23,28-32H2,1-2H3,(H,56,58)(H,59,65)/t34?,36-,39?,44-,48-,50-/m0/s1. The lowest BCUT2D eigenvalue weighted by atomic mass is 9.59. The number of nitrogens with one attached hydrogen (secondary N) is 3. The molecule has 392 valence electrons. The number of carbonyl (C=O) groups is 1. The van der Waals surface area contributed by atoms with Gasteiger partial charge in [-0.2, -0.15) is 4.98 Å². The second kappa shape index (κ2) is 19.6. The summed E-state index contributed by atoms with van der Waals surface area (Å²) in [5, 5.41) is 26.7. The number of nitro benzene ring substituents is 1.